The van der Waals surface area contributed by atoms with E-state index in [0.29, 0.717) is 29.1 Å². The number of halogens is 2. The van der Waals surface area contributed by atoms with E-state index in [1.165, 1.54) is 24.3 Å². The number of benzene rings is 3. The topological polar surface area (TPSA) is 56.6 Å². The van der Waals surface area contributed by atoms with E-state index in [9.17, 15) is 13.6 Å². The zero-order valence-corrected chi connectivity index (χ0v) is 19.2. The van der Waals surface area contributed by atoms with Gasteiger partial charge in [-0.3, -0.25) is 4.79 Å². The van der Waals surface area contributed by atoms with E-state index < -0.39 is 12.3 Å². The summed E-state index contributed by atoms with van der Waals surface area (Å²) in [7, 11) is 1.60. The Labute approximate surface area is 201 Å². The van der Waals surface area contributed by atoms with Gasteiger partial charge >= 0.3 is 0 Å². The van der Waals surface area contributed by atoms with Crippen molar-refractivity contribution in [3.63, 3.8) is 0 Å². The Morgan fingerprint density at radius 2 is 1.57 bits per heavy atom. The van der Waals surface area contributed by atoms with Crippen molar-refractivity contribution in [2.24, 2.45) is 0 Å². The van der Waals surface area contributed by atoms with Crippen LogP contribution < -0.4 is 4.74 Å². The number of hydrogen-bond donors (Lipinski definition) is 0. The second-order valence-corrected chi connectivity index (χ2v) is 8.31. The van der Waals surface area contributed by atoms with Crippen LogP contribution in [0, 0.1) is 11.6 Å². The highest BCUT2D eigenvalue weighted by atomic mass is 19.1. The van der Waals surface area contributed by atoms with Crippen molar-refractivity contribution in [3.05, 3.63) is 102 Å². The maximum atomic E-state index is 13.6. The second kappa shape index (κ2) is 9.31. The predicted octanol–water partition coefficient (Wildman–Crippen LogP) is 5.27. The summed E-state index contributed by atoms with van der Waals surface area (Å²) in [5.74, 6) is -0.147. The molecule has 3 aromatic carbocycles. The third-order valence-corrected chi connectivity index (χ3v) is 5.98. The fourth-order valence-electron chi connectivity index (χ4n) is 4.13. The Morgan fingerprint density at radius 3 is 2.20 bits per heavy atom. The molecule has 1 aliphatic heterocycles. The average molecular weight is 475 g/mol. The maximum Gasteiger partial charge on any atom is 0.254 e. The molecule has 2 heterocycles. The molecule has 0 aliphatic carbocycles. The predicted molar refractivity (Wildman–Crippen MR) is 126 cm³/mol. The molecule has 1 aliphatic rings. The van der Waals surface area contributed by atoms with Gasteiger partial charge in [0, 0.05) is 23.9 Å². The molecule has 0 spiro atoms. The highest BCUT2D eigenvalue weighted by molar-refractivity contribution is 5.83. The molecule has 2 atom stereocenters. The second-order valence-electron chi connectivity index (χ2n) is 8.31. The smallest absolute Gasteiger partial charge is 0.254 e. The molecule has 35 heavy (non-hydrogen) atoms. The van der Waals surface area contributed by atoms with Crippen molar-refractivity contribution in [2.75, 3.05) is 7.11 Å². The molecule has 0 saturated carbocycles. The van der Waals surface area contributed by atoms with Gasteiger partial charge < -0.3 is 14.4 Å². The van der Waals surface area contributed by atoms with Crippen LogP contribution in [0.5, 0.6) is 5.75 Å². The summed E-state index contributed by atoms with van der Waals surface area (Å²) < 4.78 is 40.1. The summed E-state index contributed by atoms with van der Waals surface area (Å²) in [5, 5.41) is 4.71. The molecule has 178 valence electrons. The largest absolute Gasteiger partial charge is 0.497 e. The zero-order chi connectivity index (χ0) is 24.5. The van der Waals surface area contributed by atoms with E-state index in [-0.39, 0.29) is 17.5 Å². The zero-order valence-electron chi connectivity index (χ0n) is 19.2. The van der Waals surface area contributed by atoms with Crippen LogP contribution in [0.4, 0.5) is 8.78 Å². The van der Waals surface area contributed by atoms with Crippen LogP contribution >= 0.6 is 0 Å². The van der Waals surface area contributed by atoms with E-state index in [4.69, 9.17) is 14.6 Å². The number of nitrogens with zero attached hydrogens (tertiary/aromatic N) is 3. The van der Waals surface area contributed by atoms with Gasteiger partial charge in [-0.25, -0.2) is 13.5 Å². The number of amides is 1. The van der Waals surface area contributed by atoms with E-state index in [2.05, 4.69) is 0 Å². The van der Waals surface area contributed by atoms with E-state index in [1.807, 2.05) is 24.3 Å². The number of carbonyl (C=O) groups is 1. The highest BCUT2D eigenvalue weighted by Crippen LogP contribution is 2.38. The van der Waals surface area contributed by atoms with Crippen LogP contribution in [0.15, 0.2) is 79.0 Å². The number of rotatable bonds is 6. The van der Waals surface area contributed by atoms with Gasteiger partial charge in [0.2, 0.25) is 0 Å². The first-order valence-corrected chi connectivity index (χ1v) is 11.1. The van der Waals surface area contributed by atoms with Crippen LogP contribution in [-0.4, -0.2) is 33.8 Å². The number of aromatic nitrogens is 2. The minimum absolute atomic E-state index is 0.148. The van der Waals surface area contributed by atoms with Crippen molar-refractivity contribution in [2.45, 2.75) is 25.8 Å². The normalized spacial score (nSPS) is 17.7. The first kappa shape index (κ1) is 22.7. The molecule has 8 heteroatoms. The SMILES string of the molecule is COc1ccc(CN2C(=O)[C@H](C)O[C@@H]2c2cn(-c3ccc(F)cc3)nc2-c2ccc(F)cc2)cc1. The van der Waals surface area contributed by atoms with Gasteiger partial charge in [0.1, 0.15) is 29.2 Å². The van der Waals surface area contributed by atoms with Crippen molar-refractivity contribution in [3.8, 4) is 22.7 Å². The van der Waals surface area contributed by atoms with Crippen LogP contribution in [0.2, 0.25) is 0 Å². The number of ether oxygens (including phenoxy) is 2. The molecule has 5 rings (SSSR count). The van der Waals surface area contributed by atoms with Gasteiger partial charge in [0.15, 0.2) is 6.23 Å². The molecule has 0 N–H and O–H groups in total. The van der Waals surface area contributed by atoms with Gasteiger partial charge in [0.25, 0.3) is 5.91 Å². The molecule has 1 aromatic heterocycles. The molecular formula is C27H23F2N3O3. The lowest BCUT2D eigenvalue weighted by molar-refractivity contribution is -0.130. The third kappa shape index (κ3) is 4.52. The average Bonchev–Trinajstić information content (AvgIpc) is 3.42. The van der Waals surface area contributed by atoms with E-state index >= 15 is 0 Å². The Balaban J connectivity index is 1.57. The third-order valence-electron chi connectivity index (χ3n) is 5.98. The molecule has 0 radical (unpaired) electrons. The van der Waals surface area contributed by atoms with Crippen LogP contribution in [0.3, 0.4) is 0 Å². The summed E-state index contributed by atoms with van der Waals surface area (Å²) in [5.41, 5.74) is 3.41. The van der Waals surface area contributed by atoms with Crippen molar-refractivity contribution in [1.29, 1.82) is 0 Å². The Bertz CT molecular complexity index is 1340. The minimum atomic E-state index is -0.714. The summed E-state index contributed by atoms with van der Waals surface area (Å²) in [6, 6.07) is 19.4. The van der Waals surface area contributed by atoms with Crippen molar-refractivity contribution < 1.29 is 23.0 Å². The Hall–Kier alpha value is -4.04. The first-order valence-electron chi connectivity index (χ1n) is 11.1. The summed E-state index contributed by atoms with van der Waals surface area (Å²) in [4.78, 5) is 14.7. The van der Waals surface area contributed by atoms with Gasteiger partial charge in [-0.2, -0.15) is 5.10 Å². The fraction of sp³-hybridized carbons (Fsp3) is 0.185. The van der Waals surface area contributed by atoms with Gasteiger partial charge in [-0.15, -0.1) is 0 Å². The molecule has 1 saturated heterocycles. The molecule has 6 nitrogen and oxygen atoms in total. The lowest BCUT2D eigenvalue weighted by Gasteiger charge is -2.23. The van der Waals surface area contributed by atoms with Crippen molar-refractivity contribution >= 4 is 5.91 Å². The lowest BCUT2D eigenvalue weighted by Crippen LogP contribution is -2.29. The minimum Gasteiger partial charge on any atom is -0.497 e. The summed E-state index contributed by atoms with van der Waals surface area (Å²) in [6.45, 7) is 2.04. The number of hydrogen-bond acceptors (Lipinski definition) is 4. The fourth-order valence-corrected chi connectivity index (χ4v) is 4.13. The van der Waals surface area contributed by atoms with Gasteiger partial charge in [-0.05, 0) is 73.2 Å². The van der Waals surface area contributed by atoms with Crippen molar-refractivity contribution in [1.82, 2.24) is 14.7 Å². The van der Waals surface area contributed by atoms with Gasteiger partial charge in [0.05, 0.1) is 12.8 Å². The summed E-state index contributed by atoms with van der Waals surface area (Å²) >= 11 is 0. The monoisotopic (exact) mass is 475 g/mol. The Morgan fingerprint density at radius 1 is 0.943 bits per heavy atom. The maximum absolute atomic E-state index is 13.6. The van der Waals surface area contributed by atoms with Gasteiger partial charge in [-0.1, -0.05) is 12.1 Å². The highest BCUT2D eigenvalue weighted by Gasteiger charge is 2.41. The molecule has 4 aromatic rings. The summed E-state index contributed by atoms with van der Waals surface area (Å²) in [6.07, 6.45) is 0.408. The lowest BCUT2D eigenvalue weighted by atomic mass is 10.1. The molecule has 0 bridgehead atoms. The molecule has 1 fully saturated rings. The quantitative estimate of drug-likeness (QED) is 0.381. The molecule has 0 unspecified atom stereocenters. The van der Waals surface area contributed by atoms with Crippen LogP contribution in [0.25, 0.3) is 16.9 Å². The molecular weight excluding hydrogens is 452 g/mol. The first-order chi connectivity index (χ1) is 16.9. The van der Waals surface area contributed by atoms with Crippen LogP contribution in [0.1, 0.15) is 24.3 Å². The van der Waals surface area contributed by atoms with E-state index in [0.717, 1.165) is 11.3 Å². The molecule has 1 amide bonds. The van der Waals surface area contributed by atoms with E-state index in [1.54, 1.807) is 54.1 Å². The Kier molecular flexibility index (Phi) is 6.05. The van der Waals surface area contributed by atoms with Crippen LogP contribution in [-0.2, 0) is 16.1 Å². The number of carbonyl (C=O) groups excluding carboxylic acids is 1. The number of methoxy groups -OCH3 is 1. The standard InChI is InChI=1S/C27H23F2N3O3/c1-17-26(33)31(15-18-3-13-23(34-2)14-4-18)27(35-17)24-16-32(22-11-9-21(29)10-12-22)30-25(24)19-5-7-20(28)8-6-19/h3-14,16-17,27H,15H2,1-2H3/t17-,27+/m0/s1.